The van der Waals surface area contributed by atoms with E-state index in [-0.39, 0.29) is 0 Å². The van der Waals surface area contributed by atoms with Crippen molar-refractivity contribution < 1.29 is 0 Å². The van der Waals surface area contributed by atoms with Crippen molar-refractivity contribution in [2.75, 3.05) is 0 Å². The summed E-state index contributed by atoms with van der Waals surface area (Å²) in [5.41, 5.74) is 7.41. The van der Waals surface area contributed by atoms with E-state index in [2.05, 4.69) is 157 Å². The van der Waals surface area contributed by atoms with Gasteiger partial charge in [-0.2, -0.15) is 0 Å². The molecule has 0 saturated carbocycles. The summed E-state index contributed by atoms with van der Waals surface area (Å²) in [6.07, 6.45) is 3.97. The van der Waals surface area contributed by atoms with Crippen molar-refractivity contribution in [1.82, 2.24) is 4.98 Å². The summed E-state index contributed by atoms with van der Waals surface area (Å²) in [5.74, 6) is 0. The van der Waals surface area contributed by atoms with E-state index >= 15 is 0 Å². The van der Waals surface area contributed by atoms with Gasteiger partial charge in [0.15, 0.2) is 0 Å². The third-order valence-corrected chi connectivity index (χ3v) is 9.12. The molecule has 0 spiro atoms. The summed E-state index contributed by atoms with van der Waals surface area (Å²) >= 11 is 0. The van der Waals surface area contributed by atoms with Crippen LogP contribution >= 0.6 is 0 Å². The van der Waals surface area contributed by atoms with E-state index in [4.69, 9.17) is 0 Å². The second kappa shape index (κ2) is 9.90. The fourth-order valence-corrected chi connectivity index (χ4v) is 7.09. The molecule has 0 aliphatic heterocycles. The number of hydrogen-bond acceptors (Lipinski definition) is 1. The molecule has 44 heavy (non-hydrogen) atoms. The Kier molecular flexibility index (Phi) is 5.57. The number of nitrogens with zero attached hydrogens (tertiary/aromatic N) is 1. The lowest BCUT2D eigenvalue weighted by Crippen LogP contribution is -1.93. The van der Waals surface area contributed by atoms with Crippen LogP contribution in [-0.4, -0.2) is 4.98 Å². The molecule has 0 fully saturated rings. The van der Waals surface area contributed by atoms with E-state index in [0.717, 1.165) is 5.39 Å². The molecule has 9 rings (SSSR count). The van der Waals surface area contributed by atoms with E-state index in [1.807, 2.05) is 12.4 Å². The smallest absolute Gasteiger partial charge is 0.0353 e. The number of pyridine rings is 1. The Morgan fingerprint density at radius 2 is 0.818 bits per heavy atom. The van der Waals surface area contributed by atoms with E-state index < -0.39 is 0 Å². The number of fused-ring (bicyclic) bond motifs is 5. The molecule has 8 aromatic carbocycles. The maximum absolute atomic E-state index is 4.66. The highest BCUT2D eigenvalue weighted by atomic mass is 14.6. The summed E-state index contributed by atoms with van der Waals surface area (Å²) in [6, 6.07) is 55.3. The van der Waals surface area contributed by atoms with Crippen molar-refractivity contribution in [3.8, 4) is 33.4 Å². The van der Waals surface area contributed by atoms with Crippen LogP contribution in [0, 0.1) is 0 Å². The average Bonchev–Trinajstić information content (AvgIpc) is 3.10. The van der Waals surface area contributed by atoms with Crippen molar-refractivity contribution in [2.45, 2.75) is 0 Å². The fraction of sp³-hybridized carbons (Fsp3) is 0. The quantitative estimate of drug-likeness (QED) is 0.197. The molecule has 0 saturated heterocycles. The van der Waals surface area contributed by atoms with Crippen LogP contribution in [0.25, 0.3) is 87.2 Å². The summed E-state index contributed by atoms with van der Waals surface area (Å²) in [7, 11) is 0. The molecule has 0 aliphatic rings. The van der Waals surface area contributed by atoms with Crippen LogP contribution < -0.4 is 0 Å². The molecular weight excluding hydrogens is 530 g/mol. The monoisotopic (exact) mass is 557 g/mol. The van der Waals surface area contributed by atoms with Crippen LogP contribution in [0.5, 0.6) is 0 Å². The van der Waals surface area contributed by atoms with Gasteiger partial charge < -0.3 is 0 Å². The lowest BCUT2D eigenvalue weighted by atomic mass is 9.84. The van der Waals surface area contributed by atoms with Crippen molar-refractivity contribution in [3.05, 3.63) is 164 Å². The van der Waals surface area contributed by atoms with Gasteiger partial charge in [0.1, 0.15) is 0 Å². The largest absolute Gasteiger partial charge is 0.264 e. The molecule has 1 heterocycles. The molecule has 0 bridgehead atoms. The lowest BCUT2D eigenvalue weighted by molar-refractivity contribution is 1.37. The molecular formula is C43H27N. The van der Waals surface area contributed by atoms with Crippen LogP contribution in [-0.2, 0) is 0 Å². The van der Waals surface area contributed by atoms with Crippen LogP contribution in [0.15, 0.2) is 164 Å². The van der Waals surface area contributed by atoms with Gasteiger partial charge in [-0.15, -0.1) is 0 Å². The van der Waals surface area contributed by atoms with E-state index in [1.165, 1.54) is 81.9 Å². The lowest BCUT2D eigenvalue weighted by Gasteiger charge is -2.19. The summed E-state index contributed by atoms with van der Waals surface area (Å²) in [5, 5.41) is 12.4. The van der Waals surface area contributed by atoms with E-state index in [0.29, 0.717) is 0 Å². The standard InChI is InChI=1S/C43H27N/c1-3-11-30-25-32(19-17-28(30)9-1)34-21-22-39(36-14-6-5-13-35(34)36)43-38-16-8-7-15-37(38)42(40-23-24-44-27-41(40)43)33-20-18-29-10-2-4-12-31(29)26-33/h1-27H. The van der Waals surface area contributed by atoms with Gasteiger partial charge in [-0.05, 0) is 100 Å². The van der Waals surface area contributed by atoms with E-state index in [9.17, 15) is 0 Å². The van der Waals surface area contributed by atoms with Gasteiger partial charge in [-0.3, -0.25) is 4.98 Å². The molecule has 0 N–H and O–H groups in total. The SMILES string of the molecule is c1ccc2cc(-c3ccc(-c4c5ccccc5c(-c5ccc6ccccc6c5)c5ccncc45)c4ccccc34)ccc2c1. The fourth-order valence-electron chi connectivity index (χ4n) is 7.09. The number of hydrogen-bond donors (Lipinski definition) is 0. The first-order valence-electron chi connectivity index (χ1n) is 15.1. The highest BCUT2D eigenvalue weighted by Crippen LogP contribution is 2.46. The maximum atomic E-state index is 4.66. The summed E-state index contributed by atoms with van der Waals surface area (Å²) < 4.78 is 0. The first kappa shape index (κ1) is 24.8. The molecule has 1 nitrogen and oxygen atoms in total. The second-order valence-electron chi connectivity index (χ2n) is 11.5. The Bertz CT molecular complexity index is 2500. The third-order valence-electron chi connectivity index (χ3n) is 9.12. The predicted octanol–water partition coefficient (Wildman–Crippen LogP) is 11.8. The van der Waals surface area contributed by atoms with E-state index in [1.54, 1.807) is 0 Å². The van der Waals surface area contributed by atoms with Gasteiger partial charge in [-0.1, -0.05) is 133 Å². The van der Waals surface area contributed by atoms with Crippen molar-refractivity contribution in [3.63, 3.8) is 0 Å². The van der Waals surface area contributed by atoms with Gasteiger partial charge >= 0.3 is 0 Å². The molecule has 1 heteroatoms. The van der Waals surface area contributed by atoms with Crippen LogP contribution in [0.3, 0.4) is 0 Å². The number of rotatable bonds is 3. The molecule has 9 aromatic rings. The van der Waals surface area contributed by atoms with Gasteiger partial charge in [0.25, 0.3) is 0 Å². The molecule has 0 radical (unpaired) electrons. The number of benzene rings is 8. The Hall–Kier alpha value is -5.79. The zero-order valence-corrected chi connectivity index (χ0v) is 24.0. The molecule has 0 amide bonds. The Morgan fingerprint density at radius 3 is 1.52 bits per heavy atom. The van der Waals surface area contributed by atoms with Gasteiger partial charge in [-0.25, -0.2) is 0 Å². The van der Waals surface area contributed by atoms with Crippen molar-refractivity contribution in [2.24, 2.45) is 0 Å². The zero-order chi connectivity index (χ0) is 29.0. The Labute approximate surface area is 255 Å². The Balaban J connectivity index is 1.34. The highest BCUT2D eigenvalue weighted by molar-refractivity contribution is 6.24. The first-order valence-corrected chi connectivity index (χ1v) is 15.1. The van der Waals surface area contributed by atoms with Gasteiger partial charge in [0, 0.05) is 17.8 Å². The average molecular weight is 558 g/mol. The minimum absolute atomic E-state index is 1.16. The molecule has 204 valence electrons. The molecule has 0 aliphatic carbocycles. The minimum atomic E-state index is 1.16. The Morgan fingerprint density at radius 1 is 0.318 bits per heavy atom. The molecule has 1 aromatic heterocycles. The highest BCUT2D eigenvalue weighted by Gasteiger charge is 2.19. The maximum Gasteiger partial charge on any atom is 0.0353 e. The normalized spacial score (nSPS) is 11.6. The molecule has 0 unspecified atom stereocenters. The van der Waals surface area contributed by atoms with Crippen LogP contribution in [0.4, 0.5) is 0 Å². The van der Waals surface area contributed by atoms with Crippen LogP contribution in [0.1, 0.15) is 0 Å². The van der Waals surface area contributed by atoms with Crippen molar-refractivity contribution in [1.29, 1.82) is 0 Å². The zero-order valence-electron chi connectivity index (χ0n) is 24.0. The molecule has 0 atom stereocenters. The minimum Gasteiger partial charge on any atom is -0.264 e. The van der Waals surface area contributed by atoms with Crippen LogP contribution in [0.2, 0.25) is 0 Å². The van der Waals surface area contributed by atoms with Gasteiger partial charge in [0.05, 0.1) is 0 Å². The first-order chi connectivity index (χ1) is 21.8. The summed E-state index contributed by atoms with van der Waals surface area (Å²) in [4.78, 5) is 4.66. The second-order valence-corrected chi connectivity index (χ2v) is 11.5. The predicted molar refractivity (Wildman–Crippen MR) is 188 cm³/mol. The topological polar surface area (TPSA) is 12.9 Å². The van der Waals surface area contributed by atoms with Crippen molar-refractivity contribution >= 4 is 53.9 Å². The number of aromatic nitrogens is 1. The third kappa shape index (κ3) is 3.83. The van der Waals surface area contributed by atoms with Gasteiger partial charge in [0.2, 0.25) is 0 Å². The summed E-state index contributed by atoms with van der Waals surface area (Å²) in [6.45, 7) is 0.